The molecule has 2 rings (SSSR count). The number of carbonyl (C=O) groups excluding carboxylic acids is 1. The fourth-order valence-corrected chi connectivity index (χ4v) is 1.64. The van der Waals surface area contributed by atoms with Gasteiger partial charge >= 0.3 is 0 Å². The Labute approximate surface area is 116 Å². The molecule has 2 aromatic rings. The van der Waals surface area contributed by atoms with E-state index >= 15 is 0 Å². The van der Waals surface area contributed by atoms with Gasteiger partial charge in [-0.1, -0.05) is 13.0 Å². The molecule has 0 atom stereocenters. The van der Waals surface area contributed by atoms with E-state index in [9.17, 15) is 9.18 Å². The SMILES string of the molecule is CCCOc1cccc(NC(=O)c2ccncc2F)c1. The number of hydrogen-bond acceptors (Lipinski definition) is 3. The lowest BCUT2D eigenvalue weighted by molar-refractivity contribution is 0.102. The van der Waals surface area contributed by atoms with Crippen molar-refractivity contribution in [1.82, 2.24) is 4.98 Å². The third kappa shape index (κ3) is 3.54. The highest BCUT2D eigenvalue weighted by atomic mass is 19.1. The summed E-state index contributed by atoms with van der Waals surface area (Å²) in [6.45, 7) is 2.62. The van der Waals surface area contributed by atoms with Crippen LogP contribution in [-0.4, -0.2) is 17.5 Å². The fourth-order valence-electron chi connectivity index (χ4n) is 1.64. The van der Waals surface area contributed by atoms with E-state index in [0.29, 0.717) is 18.0 Å². The van der Waals surface area contributed by atoms with Crippen molar-refractivity contribution < 1.29 is 13.9 Å². The summed E-state index contributed by atoms with van der Waals surface area (Å²) in [5.74, 6) is -0.499. The predicted molar refractivity (Wildman–Crippen MR) is 74.4 cm³/mol. The number of anilines is 1. The Kier molecular flexibility index (Phi) is 4.65. The molecular formula is C15H15FN2O2. The molecule has 1 aromatic heterocycles. The molecule has 0 spiro atoms. The number of halogens is 1. The summed E-state index contributed by atoms with van der Waals surface area (Å²) >= 11 is 0. The Morgan fingerprint density at radius 2 is 2.25 bits per heavy atom. The maximum atomic E-state index is 13.4. The summed E-state index contributed by atoms with van der Waals surface area (Å²) < 4.78 is 18.9. The van der Waals surface area contributed by atoms with Gasteiger partial charge in [0.15, 0.2) is 5.82 Å². The summed E-state index contributed by atoms with van der Waals surface area (Å²) in [7, 11) is 0. The molecule has 1 aromatic carbocycles. The average molecular weight is 274 g/mol. The van der Waals surface area contributed by atoms with Crippen LogP contribution in [0.3, 0.4) is 0 Å². The lowest BCUT2D eigenvalue weighted by Crippen LogP contribution is -2.13. The van der Waals surface area contributed by atoms with Crippen molar-refractivity contribution in [2.24, 2.45) is 0 Å². The van der Waals surface area contributed by atoms with E-state index in [1.807, 2.05) is 6.92 Å². The summed E-state index contributed by atoms with van der Waals surface area (Å²) in [6.07, 6.45) is 3.29. The first-order chi connectivity index (χ1) is 9.70. The molecule has 5 heteroatoms. The van der Waals surface area contributed by atoms with Crippen LogP contribution < -0.4 is 10.1 Å². The van der Waals surface area contributed by atoms with Crippen molar-refractivity contribution in [2.75, 3.05) is 11.9 Å². The number of benzene rings is 1. The van der Waals surface area contributed by atoms with Crippen LogP contribution in [0.5, 0.6) is 5.75 Å². The third-order valence-corrected chi connectivity index (χ3v) is 2.58. The van der Waals surface area contributed by atoms with E-state index in [1.165, 1.54) is 12.3 Å². The van der Waals surface area contributed by atoms with E-state index in [4.69, 9.17) is 4.74 Å². The zero-order valence-electron chi connectivity index (χ0n) is 11.1. The van der Waals surface area contributed by atoms with Crippen LogP contribution in [0.2, 0.25) is 0 Å². The highest BCUT2D eigenvalue weighted by Crippen LogP contribution is 2.18. The van der Waals surface area contributed by atoms with Crippen LogP contribution in [0.1, 0.15) is 23.7 Å². The molecule has 0 saturated carbocycles. The Balaban J connectivity index is 2.10. The highest BCUT2D eigenvalue weighted by molar-refractivity contribution is 6.04. The fraction of sp³-hybridized carbons (Fsp3) is 0.200. The van der Waals surface area contributed by atoms with Gasteiger partial charge in [0.1, 0.15) is 5.75 Å². The Bertz CT molecular complexity index is 602. The number of amides is 1. The molecule has 0 aliphatic heterocycles. The van der Waals surface area contributed by atoms with Gasteiger partial charge in [0.25, 0.3) is 5.91 Å². The standard InChI is InChI=1S/C15H15FN2O2/c1-2-8-20-12-5-3-4-11(9-12)18-15(19)13-6-7-17-10-14(13)16/h3-7,9-10H,2,8H2,1H3,(H,18,19). The van der Waals surface area contributed by atoms with Gasteiger partial charge in [0.05, 0.1) is 18.4 Å². The number of rotatable bonds is 5. The molecule has 0 bridgehead atoms. The first kappa shape index (κ1) is 14.0. The van der Waals surface area contributed by atoms with Crippen LogP contribution in [-0.2, 0) is 0 Å². The van der Waals surface area contributed by atoms with Crippen LogP contribution in [0.15, 0.2) is 42.7 Å². The molecule has 0 unspecified atom stereocenters. The molecule has 0 radical (unpaired) electrons. The molecule has 104 valence electrons. The van der Waals surface area contributed by atoms with Crippen LogP contribution in [0.25, 0.3) is 0 Å². The van der Waals surface area contributed by atoms with Crippen LogP contribution in [0, 0.1) is 5.82 Å². The first-order valence-corrected chi connectivity index (χ1v) is 6.34. The number of nitrogens with zero attached hydrogens (tertiary/aromatic N) is 1. The number of aromatic nitrogens is 1. The van der Waals surface area contributed by atoms with Gasteiger partial charge in [-0.3, -0.25) is 9.78 Å². The zero-order valence-corrected chi connectivity index (χ0v) is 11.1. The van der Waals surface area contributed by atoms with Crippen LogP contribution >= 0.6 is 0 Å². The second kappa shape index (κ2) is 6.65. The summed E-state index contributed by atoms with van der Waals surface area (Å²) in [5.41, 5.74) is 0.514. The molecule has 1 heterocycles. The molecule has 4 nitrogen and oxygen atoms in total. The summed E-state index contributed by atoms with van der Waals surface area (Å²) in [6, 6.07) is 8.33. The minimum atomic E-state index is -0.650. The van der Waals surface area contributed by atoms with E-state index in [1.54, 1.807) is 24.3 Å². The first-order valence-electron chi connectivity index (χ1n) is 6.34. The normalized spacial score (nSPS) is 10.1. The van der Waals surface area contributed by atoms with E-state index in [2.05, 4.69) is 10.3 Å². The van der Waals surface area contributed by atoms with Crippen molar-refractivity contribution in [3.05, 3.63) is 54.1 Å². The molecule has 20 heavy (non-hydrogen) atoms. The van der Waals surface area contributed by atoms with Crippen molar-refractivity contribution >= 4 is 11.6 Å². The number of nitrogens with one attached hydrogen (secondary N) is 1. The topological polar surface area (TPSA) is 51.2 Å². The average Bonchev–Trinajstić information content (AvgIpc) is 2.46. The lowest BCUT2D eigenvalue weighted by Gasteiger charge is -2.08. The van der Waals surface area contributed by atoms with Crippen molar-refractivity contribution in [3.63, 3.8) is 0 Å². The van der Waals surface area contributed by atoms with Gasteiger partial charge in [-0.05, 0) is 24.6 Å². The minimum Gasteiger partial charge on any atom is -0.494 e. The van der Waals surface area contributed by atoms with Crippen molar-refractivity contribution in [2.45, 2.75) is 13.3 Å². The van der Waals surface area contributed by atoms with Crippen molar-refractivity contribution in [1.29, 1.82) is 0 Å². The second-order valence-corrected chi connectivity index (χ2v) is 4.19. The van der Waals surface area contributed by atoms with Crippen LogP contribution in [0.4, 0.5) is 10.1 Å². The smallest absolute Gasteiger partial charge is 0.258 e. The zero-order chi connectivity index (χ0) is 14.4. The largest absolute Gasteiger partial charge is 0.494 e. The highest BCUT2D eigenvalue weighted by Gasteiger charge is 2.11. The van der Waals surface area contributed by atoms with E-state index in [-0.39, 0.29) is 5.56 Å². The molecular weight excluding hydrogens is 259 g/mol. The monoisotopic (exact) mass is 274 g/mol. The van der Waals surface area contributed by atoms with Gasteiger partial charge in [0, 0.05) is 18.0 Å². The predicted octanol–water partition coefficient (Wildman–Crippen LogP) is 3.26. The Morgan fingerprint density at radius 3 is 3.00 bits per heavy atom. The number of pyridine rings is 1. The van der Waals surface area contributed by atoms with E-state index in [0.717, 1.165) is 12.6 Å². The van der Waals surface area contributed by atoms with E-state index < -0.39 is 11.7 Å². The van der Waals surface area contributed by atoms with Gasteiger partial charge in [0.2, 0.25) is 0 Å². The van der Waals surface area contributed by atoms with Crippen molar-refractivity contribution in [3.8, 4) is 5.75 Å². The minimum absolute atomic E-state index is 0.0418. The van der Waals surface area contributed by atoms with Gasteiger partial charge in [-0.25, -0.2) is 4.39 Å². The maximum absolute atomic E-state index is 13.4. The molecule has 0 fully saturated rings. The summed E-state index contributed by atoms with van der Waals surface area (Å²) in [5, 5.41) is 2.63. The van der Waals surface area contributed by atoms with Gasteiger partial charge in [-0.15, -0.1) is 0 Å². The molecule has 0 aliphatic carbocycles. The quantitative estimate of drug-likeness (QED) is 0.910. The second-order valence-electron chi connectivity index (χ2n) is 4.19. The van der Waals surface area contributed by atoms with Gasteiger partial charge < -0.3 is 10.1 Å². The third-order valence-electron chi connectivity index (χ3n) is 2.58. The molecule has 0 saturated heterocycles. The number of ether oxygens (including phenoxy) is 1. The molecule has 0 aliphatic rings. The lowest BCUT2D eigenvalue weighted by atomic mass is 10.2. The van der Waals surface area contributed by atoms with Gasteiger partial charge in [-0.2, -0.15) is 0 Å². The summed E-state index contributed by atoms with van der Waals surface area (Å²) in [4.78, 5) is 15.5. The molecule has 1 N–H and O–H groups in total. The number of carbonyl (C=O) groups is 1. The Hall–Kier alpha value is -2.43. The maximum Gasteiger partial charge on any atom is 0.258 e. The Morgan fingerprint density at radius 1 is 1.40 bits per heavy atom. The number of hydrogen-bond donors (Lipinski definition) is 1. The molecule has 1 amide bonds.